The summed E-state index contributed by atoms with van der Waals surface area (Å²) in [5.74, 6) is 0.384. The normalized spacial score (nSPS) is 12.6. The largest absolute Gasteiger partial charge is 0.514 e. The molecule has 2 unspecified atom stereocenters. The quantitative estimate of drug-likeness (QED) is 0.287. The summed E-state index contributed by atoms with van der Waals surface area (Å²) in [5.41, 5.74) is -0.580. The number of carbonyl (C=O) groups excluding carboxylic acids is 2. The van der Waals surface area contributed by atoms with E-state index in [2.05, 4.69) is 20.8 Å². The van der Waals surface area contributed by atoms with E-state index in [1.165, 1.54) is 0 Å². The Morgan fingerprint density at radius 2 is 1.44 bits per heavy atom. The Balaban J connectivity index is 2.44. The fourth-order valence-electron chi connectivity index (χ4n) is 3.05. The molecule has 32 heavy (non-hydrogen) atoms. The van der Waals surface area contributed by atoms with Gasteiger partial charge in [-0.15, -0.1) is 0 Å². The Kier molecular flexibility index (Phi) is 13.9. The van der Waals surface area contributed by atoms with Gasteiger partial charge in [-0.25, -0.2) is 9.59 Å². The lowest BCUT2D eigenvalue weighted by Crippen LogP contribution is -2.19. The summed E-state index contributed by atoms with van der Waals surface area (Å²) in [6, 6.07) is 1.10. The molecule has 0 amide bonds. The van der Waals surface area contributed by atoms with Crippen molar-refractivity contribution in [3.8, 4) is 5.75 Å². The van der Waals surface area contributed by atoms with Crippen molar-refractivity contribution in [2.24, 2.45) is 11.8 Å². The highest BCUT2D eigenvalue weighted by Gasteiger charge is 2.16. The Bertz CT molecular complexity index is 727. The number of hydrogen-bond donors (Lipinski definition) is 0. The van der Waals surface area contributed by atoms with Gasteiger partial charge < -0.3 is 23.4 Å². The number of carbonyl (C=O) groups is 2. The van der Waals surface area contributed by atoms with E-state index in [4.69, 9.17) is 23.4 Å². The van der Waals surface area contributed by atoms with Gasteiger partial charge in [-0.1, -0.05) is 66.2 Å². The van der Waals surface area contributed by atoms with E-state index in [9.17, 15) is 14.4 Å². The second kappa shape index (κ2) is 16.2. The van der Waals surface area contributed by atoms with Crippen molar-refractivity contribution in [1.29, 1.82) is 0 Å². The Hall–Kier alpha value is -2.51. The molecular weight excluding hydrogens is 416 g/mol. The average Bonchev–Trinajstić information content (AvgIpc) is 2.79. The van der Waals surface area contributed by atoms with Crippen molar-refractivity contribution in [1.82, 2.24) is 0 Å². The molecular formula is C24H38O8. The molecule has 0 fully saturated rings. The first-order valence-corrected chi connectivity index (χ1v) is 11.7. The van der Waals surface area contributed by atoms with Crippen molar-refractivity contribution in [2.45, 2.75) is 85.7 Å². The summed E-state index contributed by atoms with van der Waals surface area (Å²) in [7, 11) is 0. The van der Waals surface area contributed by atoms with Crippen LogP contribution in [0.2, 0.25) is 0 Å². The predicted octanol–water partition coefficient (Wildman–Crippen LogP) is 6.24. The van der Waals surface area contributed by atoms with Crippen LogP contribution in [0.5, 0.6) is 5.75 Å². The molecule has 0 spiro atoms. The predicted molar refractivity (Wildman–Crippen MR) is 120 cm³/mol. The van der Waals surface area contributed by atoms with Crippen LogP contribution in [0.15, 0.2) is 21.5 Å². The lowest BCUT2D eigenvalue weighted by Gasteiger charge is -2.14. The van der Waals surface area contributed by atoms with Crippen molar-refractivity contribution in [3.05, 3.63) is 28.3 Å². The number of rotatable bonds is 15. The van der Waals surface area contributed by atoms with Crippen LogP contribution in [0.1, 0.15) is 84.8 Å². The summed E-state index contributed by atoms with van der Waals surface area (Å²) >= 11 is 0. The van der Waals surface area contributed by atoms with Crippen molar-refractivity contribution in [3.63, 3.8) is 0 Å². The molecule has 0 saturated carbocycles. The maximum Gasteiger partial charge on any atom is 0.514 e. The highest BCUT2D eigenvalue weighted by molar-refractivity contribution is 5.63. The molecule has 2 atom stereocenters. The van der Waals surface area contributed by atoms with Gasteiger partial charge in [-0.3, -0.25) is 4.79 Å². The summed E-state index contributed by atoms with van der Waals surface area (Å²) in [4.78, 5) is 35.8. The summed E-state index contributed by atoms with van der Waals surface area (Å²) in [6.07, 6.45) is 7.33. The zero-order valence-corrected chi connectivity index (χ0v) is 19.9. The van der Waals surface area contributed by atoms with E-state index in [1.54, 1.807) is 0 Å². The molecule has 1 aromatic heterocycles. The minimum absolute atomic E-state index is 0.108. The van der Waals surface area contributed by atoms with Gasteiger partial charge in [-0.05, 0) is 24.7 Å². The smallest absolute Gasteiger partial charge is 0.462 e. The third-order valence-electron chi connectivity index (χ3n) is 5.34. The van der Waals surface area contributed by atoms with Gasteiger partial charge in [0.15, 0.2) is 6.61 Å². The fourth-order valence-corrected chi connectivity index (χ4v) is 3.05. The molecule has 0 radical (unpaired) electrons. The molecule has 0 aliphatic carbocycles. The first kappa shape index (κ1) is 27.5. The Morgan fingerprint density at radius 3 is 1.94 bits per heavy atom. The van der Waals surface area contributed by atoms with E-state index < -0.39 is 17.7 Å². The molecule has 0 saturated heterocycles. The third kappa shape index (κ3) is 11.2. The monoisotopic (exact) mass is 454 g/mol. The van der Waals surface area contributed by atoms with Crippen LogP contribution in [0.25, 0.3) is 0 Å². The fraction of sp³-hybridized carbons (Fsp3) is 0.708. The number of ether oxygens (including phenoxy) is 4. The van der Waals surface area contributed by atoms with Gasteiger partial charge in [-0.2, -0.15) is 0 Å². The van der Waals surface area contributed by atoms with E-state index in [0.717, 1.165) is 63.7 Å². The summed E-state index contributed by atoms with van der Waals surface area (Å²) < 4.78 is 25.4. The number of hydrogen-bond acceptors (Lipinski definition) is 8. The van der Waals surface area contributed by atoms with Gasteiger partial charge in [0, 0.05) is 6.07 Å². The van der Waals surface area contributed by atoms with E-state index >= 15 is 0 Å². The van der Waals surface area contributed by atoms with Crippen LogP contribution in [-0.2, 0) is 20.8 Å². The van der Waals surface area contributed by atoms with Crippen LogP contribution in [-0.4, -0.2) is 25.5 Å². The van der Waals surface area contributed by atoms with Gasteiger partial charge in [0.2, 0.25) is 11.2 Å². The van der Waals surface area contributed by atoms with Crippen molar-refractivity contribution < 1.29 is 33.0 Å². The number of unbranched alkanes of at least 4 members (excludes halogenated alkanes) is 2. The standard InChI is InChI=1S/C24H38O8/c1-5-9-11-18(7-3)14-29-23(26)31-16-20-13-21(25)22(17-28-20)32-24(27)30-15-19(8-4)12-10-6-2/h13,17-19H,5-12,14-16H2,1-4H3. The zero-order valence-electron chi connectivity index (χ0n) is 19.9. The van der Waals surface area contributed by atoms with Gasteiger partial charge in [0.25, 0.3) is 0 Å². The van der Waals surface area contributed by atoms with Crippen LogP contribution in [0, 0.1) is 11.8 Å². The zero-order chi connectivity index (χ0) is 23.8. The topological polar surface area (TPSA) is 101 Å². The van der Waals surface area contributed by atoms with Crippen molar-refractivity contribution >= 4 is 12.3 Å². The lowest BCUT2D eigenvalue weighted by atomic mass is 10.0. The van der Waals surface area contributed by atoms with Gasteiger partial charge in [0.1, 0.15) is 12.0 Å². The first-order chi connectivity index (χ1) is 15.4. The molecule has 1 aromatic rings. The highest BCUT2D eigenvalue weighted by Crippen LogP contribution is 2.15. The Morgan fingerprint density at radius 1 is 0.875 bits per heavy atom. The van der Waals surface area contributed by atoms with Crippen LogP contribution in [0.3, 0.4) is 0 Å². The SMILES string of the molecule is CCCCC(CC)COC(=O)OCc1cc(=O)c(OC(=O)OCC(CC)CCCC)co1. The molecule has 1 heterocycles. The minimum atomic E-state index is -0.951. The molecule has 0 aliphatic rings. The maximum absolute atomic E-state index is 12.1. The second-order valence-electron chi connectivity index (χ2n) is 7.92. The third-order valence-corrected chi connectivity index (χ3v) is 5.34. The van der Waals surface area contributed by atoms with Crippen LogP contribution >= 0.6 is 0 Å². The first-order valence-electron chi connectivity index (χ1n) is 11.7. The highest BCUT2D eigenvalue weighted by atomic mass is 16.7. The van der Waals surface area contributed by atoms with Gasteiger partial charge in [0.05, 0.1) is 13.2 Å². The van der Waals surface area contributed by atoms with Gasteiger partial charge >= 0.3 is 12.3 Å². The molecule has 1 rings (SSSR count). The molecule has 8 nitrogen and oxygen atoms in total. The molecule has 0 aromatic carbocycles. The molecule has 0 bridgehead atoms. The Labute approximate surface area is 190 Å². The molecule has 8 heteroatoms. The minimum Gasteiger partial charge on any atom is -0.462 e. The molecule has 182 valence electrons. The van der Waals surface area contributed by atoms with Crippen molar-refractivity contribution in [2.75, 3.05) is 13.2 Å². The van der Waals surface area contributed by atoms with E-state index in [0.29, 0.717) is 12.5 Å². The van der Waals surface area contributed by atoms with E-state index in [-0.39, 0.29) is 30.6 Å². The second-order valence-corrected chi connectivity index (χ2v) is 7.92. The maximum atomic E-state index is 12.1. The van der Waals surface area contributed by atoms with Crippen LogP contribution < -0.4 is 10.2 Å². The molecule has 0 aliphatic heterocycles. The average molecular weight is 455 g/mol. The van der Waals surface area contributed by atoms with Crippen LogP contribution in [0.4, 0.5) is 9.59 Å². The summed E-state index contributed by atoms with van der Waals surface area (Å²) in [6.45, 7) is 8.59. The molecule has 0 N–H and O–H groups in total. The lowest BCUT2D eigenvalue weighted by molar-refractivity contribution is 0.0334. The van der Waals surface area contributed by atoms with E-state index in [1.807, 2.05) is 6.92 Å². The summed E-state index contributed by atoms with van der Waals surface area (Å²) in [5, 5.41) is 0.